The fraction of sp³-hybridized carbons (Fsp3) is 0.538. The fourth-order valence-corrected chi connectivity index (χ4v) is 1.93. The molecule has 0 radical (unpaired) electrons. The lowest BCUT2D eigenvalue weighted by molar-refractivity contribution is 0.520. The van der Waals surface area contributed by atoms with Gasteiger partial charge < -0.3 is 5.32 Å². The molecule has 0 bridgehead atoms. The van der Waals surface area contributed by atoms with Crippen molar-refractivity contribution in [3.05, 3.63) is 23.4 Å². The van der Waals surface area contributed by atoms with Crippen LogP contribution in [0.5, 0.6) is 0 Å². The molecule has 0 spiro atoms. The molecule has 84 valence electrons. The van der Waals surface area contributed by atoms with Gasteiger partial charge in [0.2, 0.25) is 0 Å². The Balaban J connectivity index is 2.04. The van der Waals surface area contributed by atoms with Crippen molar-refractivity contribution in [2.75, 3.05) is 11.9 Å². The zero-order chi connectivity index (χ0) is 11.6. The SMILES string of the molecule is CCC1(CNc2cc(C#N)cc(C)n2)CC1. The summed E-state index contributed by atoms with van der Waals surface area (Å²) in [6.07, 6.45) is 3.85. The third kappa shape index (κ3) is 2.33. The van der Waals surface area contributed by atoms with Crippen LogP contribution < -0.4 is 5.32 Å². The molecule has 1 N–H and O–H groups in total. The van der Waals surface area contributed by atoms with Crippen LogP contribution in [0, 0.1) is 23.7 Å². The highest BCUT2D eigenvalue weighted by molar-refractivity contribution is 5.44. The van der Waals surface area contributed by atoms with E-state index >= 15 is 0 Å². The van der Waals surface area contributed by atoms with Gasteiger partial charge in [0.05, 0.1) is 11.6 Å². The first-order valence-electron chi connectivity index (χ1n) is 5.80. The third-order valence-electron chi connectivity index (χ3n) is 3.43. The summed E-state index contributed by atoms with van der Waals surface area (Å²) in [7, 11) is 0. The molecule has 0 atom stereocenters. The van der Waals surface area contributed by atoms with Crippen LogP contribution in [0.25, 0.3) is 0 Å². The molecule has 1 aliphatic carbocycles. The van der Waals surface area contributed by atoms with Gasteiger partial charge in [-0.2, -0.15) is 5.26 Å². The molecule has 0 aromatic carbocycles. The predicted octanol–water partition coefficient (Wildman–Crippen LogP) is 2.86. The summed E-state index contributed by atoms with van der Waals surface area (Å²) in [6, 6.07) is 5.78. The number of hydrogen-bond acceptors (Lipinski definition) is 3. The molecule has 0 unspecified atom stereocenters. The summed E-state index contributed by atoms with van der Waals surface area (Å²) in [5, 5.41) is 12.2. The Morgan fingerprint density at radius 1 is 1.50 bits per heavy atom. The maximum absolute atomic E-state index is 8.87. The van der Waals surface area contributed by atoms with E-state index in [-0.39, 0.29) is 0 Å². The first-order chi connectivity index (χ1) is 7.67. The molecule has 0 amide bonds. The van der Waals surface area contributed by atoms with Crippen molar-refractivity contribution in [1.82, 2.24) is 4.98 Å². The van der Waals surface area contributed by atoms with E-state index in [4.69, 9.17) is 5.26 Å². The molecule has 1 heterocycles. The van der Waals surface area contributed by atoms with Crippen LogP contribution in [0.4, 0.5) is 5.82 Å². The van der Waals surface area contributed by atoms with E-state index in [1.54, 1.807) is 6.07 Å². The maximum atomic E-state index is 8.87. The number of rotatable bonds is 4. The summed E-state index contributed by atoms with van der Waals surface area (Å²) in [5.41, 5.74) is 2.07. The number of nitrogens with zero attached hydrogens (tertiary/aromatic N) is 2. The van der Waals surface area contributed by atoms with Crippen molar-refractivity contribution in [1.29, 1.82) is 5.26 Å². The highest BCUT2D eigenvalue weighted by atomic mass is 15.0. The minimum absolute atomic E-state index is 0.498. The first-order valence-corrected chi connectivity index (χ1v) is 5.80. The zero-order valence-electron chi connectivity index (χ0n) is 9.88. The molecule has 16 heavy (non-hydrogen) atoms. The molecule has 3 nitrogen and oxygen atoms in total. The number of pyridine rings is 1. The highest BCUT2D eigenvalue weighted by Gasteiger charge is 2.40. The van der Waals surface area contributed by atoms with Gasteiger partial charge in [-0.25, -0.2) is 4.98 Å². The van der Waals surface area contributed by atoms with Crippen molar-refractivity contribution in [3.63, 3.8) is 0 Å². The summed E-state index contributed by atoms with van der Waals surface area (Å²) in [4.78, 5) is 4.38. The average Bonchev–Trinajstić information content (AvgIpc) is 3.06. The Hall–Kier alpha value is -1.56. The van der Waals surface area contributed by atoms with Gasteiger partial charge in [0.25, 0.3) is 0 Å². The van der Waals surface area contributed by atoms with E-state index in [9.17, 15) is 0 Å². The van der Waals surface area contributed by atoms with Gasteiger partial charge in [-0.15, -0.1) is 0 Å². The minimum Gasteiger partial charge on any atom is -0.369 e. The topological polar surface area (TPSA) is 48.7 Å². The van der Waals surface area contributed by atoms with Crippen molar-refractivity contribution in [3.8, 4) is 6.07 Å². The summed E-state index contributed by atoms with van der Waals surface area (Å²) in [5.74, 6) is 0.830. The van der Waals surface area contributed by atoms with Crippen molar-refractivity contribution in [2.45, 2.75) is 33.1 Å². The standard InChI is InChI=1S/C13H17N3/c1-3-13(4-5-13)9-15-12-7-11(8-14)6-10(2)16-12/h6-7H,3-5,9H2,1-2H3,(H,15,16). The van der Waals surface area contributed by atoms with E-state index < -0.39 is 0 Å². The lowest BCUT2D eigenvalue weighted by atomic mass is 10.0. The highest BCUT2D eigenvalue weighted by Crippen LogP contribution is 2.48. The van der Waals surface area contributed by atoms with Gasteiger partial charge >= 0.3 is 0 Å². The van der Waals surface area contributed by atoms with Crippen LogP contribution in [0.2, 0.25) is 0 Å². The predicted molar refractivity (Wildman–Crippen MR) is 64.1 cm³/mol. The Bertz CT molecular complexity index is 427. The number of nitrogens with one attached hydrogen (secondary N) is 1. The second-order valence-corrected chi connectivity index (χ2v) is 4.70. The van der Waals surface area contributed by atoms with Gasteiger partial charge in [0.15, 0.2) is 0 Å². The smallest absolute Gasteiger partial charge is 0.127 e. The Morgan fingerprint density at radius 3 is 2.81 bits per heavy atom. The number of hydrogen-bond donors (Lipinski definition) is 1. The van der Waals surface area contributed by atoms with Gasteiger partial charge in [-0.3, -0.25) is 0 Å². The van der Waals surface area contributed by atoms with Crippen molar-refractivity contribution in [2.24, 2.45) is 5.41 Å². The van der Waals surface area contributed by atoms with Crippen LogP contribution in [0.3, 0.4) is 0 Å². The van der Waals surface area contributed by atoms with Crippen molar-refractivity contribution >= 4 is 5.82 Å². The van der Waals surface area contributed by atoms with E-state index in [1.807, 2.05) is 13.0 Å². The van der Waals surface area contributed by atoms with E-state index in [0.717, 1.165) is 18.1 Å². The Labute approximate surface area is 96.5 Å². The van der Waals surface area contributed by atoms with Gasteiger partial charge in [0, 0.05) is 12.2 Å². The van der Waals surface area contributed by atoms with Crippen LogP contribution in [0.15, 0.2) is 12.1 Å². The Morgan fingerprint density at radius 2 is 2.25 bits per heavy atom. The lowest BCUT2D eigenvalue weighted by Crippen LogP contribution is -2.15. The van der Waals surface area contributed by atoms with E-state index in [2.05, 4.69) is 23.3 Å². The summed E-state index contributed by atoms with van der Waals surface area (Å²) >= 11 is 0. The average molecular weight is 215 g/mol. The lowest BCUT2D eigenvalue weighted by Gasteiger charge is -2.14. The summed E-state index contributed by atoms with van der Waals surface area (Å²) < 4.78 is 0. The largest absolute Gasteiger partial charge is 0.369 e. The molecule has 2 rings (SSSR count). The normalized spacial score (nSPS) is 16.6. The number of aryl methyl sites for hydroxylation is 1. The van der Waals surface area contributed by atoms with Crippen molar-refractivity contribution < 1.29 is 0 Å². The second kappa shape index (κ2) is 4.13. The zero-order valence-corrected chi connectivity index (χ0v) is 9.88. The number of nitriles is 1. The maximum Gasteiger partial charge on any atom is 0.127 e. The molecular formula is C13H17N3. The molecule has 3 heteroatoms. The van der Waals surface area contributed by atoms with Gasteiger partial charge in [-0.1, -0.05) is 6.92 Å². The van der Waals surface area contributed by atoms with Crippen LogP contribution in [0.1, 0.15) is 37.4 Å². The number of anilines is 1. The number of aromatic nitrogens is 1. The molecular weight excluding hydrogens is 198 g/mol. The molecule has 1 aromatic heterocycles. The third-order valence-corrected chi connectivity index (χ3v) is 3.43. The molecule has 1 aliphatic rings. The fourth-order valence-electron chi connectivity index (χ4n) is 1.93. The summed E-state index contributed by atoms with van der Waals surface area (Å²) in [6.45, 7) is 5.13. The molecule has 0 saturated heterocycles. The quantitative estimate of drug-likeness (QED) is 0.840. The molecule has 0 aliphatic heterocycles. The Kier molecular flexibility index (Phi) is 2.82. The molecule has 1 saturated carbocycles. The van der Waals surface area contributed by atoms with Crippen LogP contribution in [-0.4, -0.2) is 11.5 Å². The van der Waals surface area contributed by atoms with Crippen LogP contribution in [-0.2, 0) is 0 Å². The monoisotopic (exact) mass is 215 g/mol. The van der Waals surface area contributed by atoms with Gasteiger partial charge in [-0.05, 0) is 43.7 Å². The van der Waals surface area contributed by atoms with Gasteiger partial charge in [0.1, 0.15) is 5.82 Å². The first kappa shape index (κ1) is 10.9. The molecule has 1 aromatic rings. The van der Waals surface area contributed by atoms with Crippen LogP contribution >= 0.6 is 0 Å². The molecule has 1 fully saturated rings. The van der Waals surface area contributed by atoms with E-state index in [0.29, 0.717) is 11.0 Å². The second-order valence-electron chi connectivity index (χ2n) is 4.70. The van der Waals surface area contributed by atoms with E-state index in [1.165, 1.54) is 19.3 Å². The minimum atomic E-state index is 0.498.